The van der Waals surface area contributed by atoms with Crippen molar-refractivity contribution < 1.29 is 13.6 Å². The standard InChI is InChI=1S/C19H12F2N4O/c20-13-3-1-12(2-4-13)19(26)22-15-7-10-17-18(11-15)24-25(23-17)16-8-5-14(21)6-9-16/h1-11H,(H,22,26). The second kappa shape index (κ2) is 6.36. The van der Waals surface area contributed by atoms with Gasteiger partial charge in [-0.2, -0.15) is 4.80 Å². The minimum atomic E-state index is -0.402. The van der Waals surface area contributed by atoms with Gasteiger partial charge in [-0.15, -0.1) is 10.2 Å². The topological polar surface area (TPSA) is 59.8 Å². The number of nitrogens with one attached hydrogen (secondary N) is 1. The molecule has 128 valence electrons. The molecular weight excluding hydrogens is 338 g/mol. The molecule has 0 aliphatic rings. The van der Waals surface area contributed by atoms with E-state index in [0.717, 1.165) is 0 Å². The SMILES string of the molecule is O=C(Nc1ccc2nn(-c3ccc(F)cc3)nc2c1)c1ccc(F)cc1. The summed E-state index contributed by atoms with van der Waals surface area (Å²) < 4.78 is 26.0. The lowest BCUT2D eigenvalue weighted by molar-refractivity contribution is 0.102. The summed E-state index contributed by atoms with van der Waals surface area (Å²) in [5.74, 6) is -1.09. The molecule has 0 unspecified atom stereocenters. The van der Waals surface area contributed by atoms with Crippen LogP contribution in [0.3, 0.4) is 0 Å². The third kappa shape index (κ3) is 3.14. The van der Waals surface area contributed by atoms with Crippen LogP contribution >= 0.6 is 0 Å². The average molecular weight is 350 g/mol. The molecule has 0 saturated heterocycles. The first-order valence-electron chi connectivity index (χ1n) is 7.78. The monoisotopic (exact) mass is 350 g/mol. The molecule has 5 nitrogen and oxygen atoms in total. The molecule has 1 aromatic heterocycles. The molecule has 0 atom stereocenters. The maximum atomic E-state index is 13.0. The van der Waals surface area contributed by atoms with E-state index in [1.807, 2.05) is 0 Å². The molecule has 0 fully saturated rings. The van der Waals surface area contributed by atoms with Gasteiger partial charge in [-0.3, -0.25) is 4.79 Å². The van der Waals surface area contributed by atoms with Gasteiger partial charge in [0.1, 0.15) is 22.7 Å². The van der Waals surface area contributed by atoms with Crippen LogP contribution < -0.4 is 5.32 Å². The van der Waals surface area contributed by atoms with E-state index in [1.54, 1.807) is 30.3 Å². The van der Waals surface area contributed by atoms with Crippen molar-refractivity contribution in [3.63, 3.8) is 0 Å². The number of benzene rings is 3. The van der Waals surface area contributed by atoms with Gasteiger partial charge in [0.15, 0.2) is 0 Å². The van der Waals surface area contributed by atoms with Crippen molar-refractivity contribution in [2.45, 2.75) is 0 Å². The summed E-state index contributed by atoms with van der Waals surface area (Å²) in [5.41, 5.74) is 2.72. The lowest BCUT2D eigenvalue weighted by Crippen LogP contribution is -2.11. The van der Waals surface area contributed by atoms with Crippen molar-refractivity contribution in [3.05, 3.63) is 83.9 Å². The first-order valence-corrected chi connectivity index (χ1v) is 7.78. The number of fused-ring (bicyclic) bond motifs is 1. The Morgan fingerprint density at radius 1 is 0.808 bits per heavy atom. The first kappa shape index (κ1) is 15.9. The van der Waals surface area contributed by atoms with Crippen molar-refractivity contribution in [2.24, 2.45) is 0 Å². The summed E-state index contributed by atoms with van der Waals surface area (Å²) in [6, 6.07) is 16.2. The Hall–Kier alpha value is -3.61. The van der Waals surface area contributed by atoms with Crippen molar-refractivity contribution >= 4 is 22.6 Å². The second-order valence-corrected chi connectivity index (χ2v) is 5.63. The van der Waals surface area contributed by atoms with Crippen LogP contribution in [-0.2, 0) is 0 Å². The van der Waals surface area contributed by atoms with Crippen molar-refractivity contribution in [1.29, 1.82) is 0 Å². The van der Waals surface area contributed by atoms with Crippen LogP contribution in [0.15, 0.2) is 66.7 Å². The lowest BCUT2D eigenvalue weighted by atomic mass is 10.2. The molecule has 0 spiro atoms. The van der Waals surface area contributed by atoms with E-state index in [9.17, 15) is 13.6 Å². The van der Waals surface area contributed by atoms with Gasteiger partial charge in [0, 0.05) is 11.3 Å². The summed E-state index contributed by atoms with van der Waals surface area (Å²) >= 11 is 0. The summed E-state index contributed by atoms with van der Waals surface area (Å²) in [5, 5.41) is 11.4. The van der Waals surface area contributed by atoms with E-state index < -0.39 is 5.82 Å². The predicted molar refractivity (Wildman–Crippen MR) is 93.2 cm³/mol. The van der Waals surface area contributed by atoms with Gasteiger partial charge in [-0.25, -0.2) is 8.78 Å². The van der Waals surface area contributed by atoms with Gasteiger partial charge in [0.25, 0.3) is 5.91 Å². The van der Waals surface area contributed by atoms with Crippen LogP contribution in [0.4, 0.5) is 14.5 Å². The van der Waals surface area contributed by atoms with Crippen LogP contribution in [-0.4, -0.2) is 20.9 Å². The number of carbonyl (C=O) groups excluding carboxylic acids is 1. The Bertz CT molecular complexity index is 1090. The Kier molecular flexibility index (Phi) is 3.89. The zero-order valence-corrected chi connectivity index (χ0v) is 13.4. The number of aromatic nitrogens is 3. The van der Waals surface area contributed by atoms with Crippen LogP contribution in [0.25, 0.3) is 16.7 Å². The molecule has 26 heavy (non-hydrogen) atoms. The maximum Gasteiger partial charge on any atom is 0.255 e. The van der Waals surface area contributed by atoms with Crippen LogP contribution in [0, 0.1) is 11.6 Å². The van der Waals surface area contributed by atoms with Crippen molar-refractivity contribution in [3.8, 4) is 5.69 Å². The summed E-state index contributed by atoms with van der Waals surface area (Å²) in [6.45, 7) is 0. The minimum absolute atomic E-state index is 0.337. The number of carbonyl (C=O) groups is 1. The number of hydrogen-bond donors (Lipinski definition) is 1. The molecule has 7 heteroatoms. The predicted octanol–water partition coefficient (Wildman–Crippen LogP) is 3.95. The molecular formula is C19H12F2N4O. The Morgan fingerprint density at radius 2 is 1.42 bits per heavy atom. The second-order valence-electron chi connectivity index (χ2n) is 5.63. The number of nitrogens with zero attached hydrogens (tertiary/aromatic N) is 3. The van der Waals surface area contributed by atoms with E-state index in [4.69, 9.17) is 0 Å². The zero-order chi connectivity index (χ0) is 18.1. The van der Waals surface area contributed by atoms with E-state index in [0.29, 0.717) is 28.0 Å². The highest BCUT2D eigenvalue weighted by atomic mass is 19.1. The van der Waals surface area contributed by atoms with E-state index in [2.05, 4.69) is 15.5 Å². The molecule has 3 aromatic carbocycles. The van der Waals surface area contributed by atoms with Crippen LogP contribution in [0.1, 0.15) is 10.4 Å². The third-order valence-corrected chi connectivity index (χ3v) is 3.80. The van der Waals surface area contributed by atoms with Crippen LogP contribution in [0.5, 0.6) is 0 Å². The van der Waals surface area contributed by atoms with E-state index in [1.165, 1.54) is 41.2 Å². The third-order valence-electron chi connectivity index (χ3n) is 3.80. The molecule has 4 aromatic rings. The van der Waals surface area contributed by atoms with Gasteiger partial charge in [-0.1, -0.05) is 0 Å². The maximum absolute atomic E-state index is 13.0. The molecule has 1 heterocycles. The highest BCUT2D eigenvalue weighted by Gasteiger charge is 2.09. The number of anilines is 1. The fourth-order valence-corrected chi connectivity index (χ4v) is 2.49. The fraction of sp³-hybridized carbons (Fsp3) is 0. The van der Waals surface area contributed by atoms with Crippen molar-refractivity contribution in [2.75, 3.05) is 5.32 Å². The Balaban J connectivity index is 1.60. The first-order chi connectivity index (χ1) is 12.6. The summed E-state index contributed by atoms with van der Waals surface area (Å²) in [7, 11) is 0. The number of rotatable bonds is 3. The zero-order valence-electron chi connectivity index (χ0n) is 13.4. The Morgan fingerprint density at radius 3 is 2.12 bits per heavy atom. The highest BCUT2D eigenvalue weighted by Crippen LogP contribution is 2.18. The molecule has 0 bridgehead atoms. The number of hydrogen-bond acceptors (Lipinski definition) is 3. The lowest BCUT2D eigenvalue weighted by Gasteiger charge is -2.04. The normalized spacial score (nSPS) is 10.8. The highest BCUT2D eigenvalue weighted by molar-refractivity contribution is 6.04. The molecule has 0 saturated carbocycles. The van der Waals surface area contributed by atoms with E-state index in [-0.39, 0.29) is 11.7 Å². The molecule has 1 amide bonds. The molecule has 4 rings (SSSR count). The van der Waals surface area contributed by atoms with Crippen molar-refractivity contribution in [1.82, 2.24) is 15.0 Å². The fourth-order valence-electron chi connectivity index (χ4n) is 2.49. The molecule has 0 aliphatic carbocycles. The molecule has 1 N–H and O–H groups in total. The Labute approximate surface area is 146 Å². The number of halogens is 2. The molecule has 0 radical (unpaired) electrons. The van der Waals surface area contributed by atoms with Gasteiger partial charge in [0.05, 0.1) is 5.69 Å². The summed E-state index contributed by atoms with van der Waals surface area (Å²) in [6.07, 6.45) is 0. The largest absolute Gasteiger partial charge is 0.322 e. The quantitative estimate of drug-likeness (QED) is 0.609. The van der Waals surface area contributed by atoms with Gasteiger partial charge < -0.3 is 5.32 Å². The minimum Gasteiger partial charge on any atom is -0.322 e. The van der Waals surface area contributed by atoms with E-state index >= 15 is 0 Å². The average Bonchev–Trinajstić information content (AvgIpc) is 3.06. The van der Waals surface area contributed by atoms with Gasteiger partial charge in [0.2, 0.25) is 0 Å². The number of amides is 1. The van der Waals surface area contributed by atoms with Gasteiger partial charge in [-0.05, 0) is 66.7 Å². The smallest absolute Gasteiger partial charge is 0.255 e. The van der Waals surface area contributed by atoms with Gasteiger partial charge >= 0.3 is 0 Å². The summed E-state index contributed by atoms with van der Waals surface area (Å²) in [4.78, 5) is 13.6. The van der Waals surface area contributed by atoms with Crippen LogP contribution in [0.2, 0.25) is 0 Å². The molecule has 0 aliphatic heterocycles.